The van der Waals surface area contributed by atoms with Gasteiger partial charge in [-0.1, -0.05) is 42.5 Å². The molecule has 0 saturated carbocycles. The van der Waals surface area contributed by atoms with E-state index in [1.807, 2.05) is 32.9 Å². The van der Waals surface area contributed by atoms with E-state index in [1.165, 1.54) is 21.6 Å². The molecule has 2 heterocycles. The first-order valence-electron chi connectivity index (χ1n) is 11.2. The molecule has 0 radical (unpaired) electrons. The fraction of sp³-hybridized carbons (Fsp3) is 0.370. The molecule has 0 unspecified atom stereocenters. The number of carbonyl (C=O) groups excluding carboxylic acids is 1. The second kappa shape index (κ2) is 9.78. The minimum absolute atomic E-state index is 0.0576. The summed E-state index contributed by atoms with van der Waals surface area (Å²) in [6.07, 6.45) is 2.55. The molecule has 1 aromatic heterocycles. The zero-order chi connectivity index (χ0) is 22.6. The lowest BCUT2D eigenvalue weighted by Crippen LogP contribution is -2.42. The molecule has 1 fully saturated rings. The number of benzene rings is 2. The first-order chi connectivity index (χ1) is 15.4. The van der Waals surface area contributed by atoms with Crippen molar-refractivity contribution in [2.75, 3.05) is 13.2 Å². The number of hydrogen-bond acceptors (Lipinski definition) is 4. The highest BCUT2D eigenvalue weighted by Gasteiger charge is 2.32. The van der Waals surface area contributed by atoms with Crippen LogP contribution in [0.2, 0.25) is 0 Å². The lowest BCUT2D eigenvalue weighted by atomic mass is 9.99. The summed E-state index contributed by atoms with van der Waals surface area (Å²) < 4.78 is 11.6. The van der Waals surface area contributed by atoms with E-state index in [2.05, 4.69) is 53.9 Å². The number of likely N-dealkylation sites (tertiary alicyclic amines) is 1. The van der Waals surface area contributed by atoms with Crippen molar-refractivity contribution in [3.05, 3.63) is 77.2 Å². The van der Waals surface area contributed by atoms with E-state index in [-0.39, 0.29) is 12.1 Å². The van der Waals surface area contributed by atoms with Crippen LogP contribution in [0.15, 0.2) is 66.0 Å². The summed E-state index contributed by atoms with van der Waals surface area (Å²) in [5.41, 5.74) is 3.38. The van der Waals surface area contributed by atoms with Gasteiger partial charge in [0.1, 0.15) is 18.0 Å². The average molecular weight is 450 g/mol. The van der Waals surface area contributed by atoms with E-state index in [4.69, 9.17) is 9.47 Å². The van der Waals surface area contributed by atoms with Gasteiger partial charge in [0.05, 0.1) is 6.04 Å². The summed E-state index contributed by atoms with van der Waals surface area (Å²) in [7, 11) is 0. The Morgan fingerprint density at radius 1 is 1.06 bits per heavy atom. The lowest BCUT2D eigenvalue weighted by molar-refractivity contribution is 0.0187. The molecule has 1 aliphatic rings. The van der Waals surface area contributed by atoms with Crippen LogP contribution in [0.5, 0.6) is 5.75 Å². The molecule has 2 aromatic carbocycles. The number of rotatable bonds is 6. The van der Waals surface area contributed by atoms with E-state index in [0.29, 0.717) is 6.61 Å². The number of amides is 1. The topological polar surface area (TPSA) is 38.8 Å². The molecule has 3 aromatic rings. The molecule has 1 amide bonds. The van der Waals surface area contributed by atoms with Crippen molar-refractivity contribution < 1.29 is 14.3 Å². The molecule has 1 aliphatic heterocycles. The smallest absolute Gasteiger partial charge is 0.410 e. The number of nitrogens with zero attached hydrogens (tertiary/aromatic N) is 1. The van der Waals surface area contributed by atoms with Crippen molar-refractivity contribution in [3.63, 3.8) is 0 Å². The molecule has 1 atom stereocenters. The van der Waals surface area contributed by atoms with E-state index in [9.17, 15) is 4.79 Å². The first kappa shape index (κ1) is 22.4. The number of ether oxygens (including phenoxy) is 2. The minimum atomic E-state index is -0.483. The van der Waals surface area contributed by atoms with Gasteiger partial charge in [0.25, 0.3) is 0 Å². The molecular weight excluding hydrogens is 418 g/mol. The maximum Gasteiger partial charge on any atom is 0.410 e. The van der Waals surface area contributed by atoms with E-state index in [1.54, 1.807) is 16.2 Å². The van der Waals surface area contributed by atoms with Gasteiger partial charge in [0, 0.05) is 11.4 Å². The van der Waals surface area contributed by atoms with Gasteiger partial charge in [-0.2, -0.15) is 0 Å². The predicted octanol–water partition coefficient (Wildman–Crippen LogP) is 6.78. The zero-order valence-electron chi connectivity index (χ0n) is 19.0. The van der Waals surface area contributed by atoms with Crippen LogP contribution < -0.4 is 4.74 Å². The van der Waals surface area contributed by atoms with E-state index >= 15 is 0 Å². The number of carbonyl (C=O) groups is 1. The molecule has 0 N–H and O–H groups in total. The van der Waals surface area contributed by atoms with Crippen molar-refractivity contribution in [2.45, 2.75) is 51.7 Å². The summed E-state index contributed by atoms with van der Waals surface area (Å²) in [6, 6.07) is 21.2. The van der Waals surface area contributed by atoms with Crippen LogP contribution in [-0.2, 0) is 11.2 Å². The van der Waals surface area contributed by atoms with Gasteiger partial charge in [-0.05, 0) is 80.3 Å². The summed E-state index contributed by atoms with van der Waals surface area (Å²) >= 11 is 1.77. The maximum absolute atomic E-state index is 12.5. The second-order valence-electron chi connectivity index (χ2n) is 9.24. The van der Waals surface area contributed by atoms with Crippen molar-refractivity contribution in [1.29, 1.82) is 0 Å². The van der Waals surface area contributed by atoms with Crippen LogP contribution in [0, 0.1) is 0 Å². The van der Waals surface area contributed by atoms with Crippen LogP contribution in [0.1, 0.15) is 44.7 Å². The second-order valence-corrected chi connectivity index (χ2v) is 10.2. The quantitative estimate of drug-likeness (QED) is 0.416. The van der Waals surface area contributed by atoms with Crippen molar-refractivity contribution >= 4 is 17.4 Å². The Labute approximate surface area is 194 Å². The van der Waals surface area contributed by atoms with Gasteiger partial charge in [-0.25, -0.2) is 4.79 Å². The molecule has 0 bridgehead atoms. The van der Waals surface area contributed by atoms with Gasteiger partial charge in [0.2, 0.25) is 0 Å². The lowest BCUT2D eigenvalue weighted by Gasteiger charge is -2.28. The van der Waals surface area contributed by atoms with Gasteiger partial charge in [0.15, 0.2) is 0 Å². The first-order valence-corrected chi connectivity index (χ1v) is 12.1. The average Bonchev–Trinajstić information content (AvgIpc) is 3.45. The fourth-order valence-electron chi connectivity index (χ4n) is 4.03. The Morgan fingerprint density at radius 3 is 2.56 bits per heavy atom. The Morgan fingerprint density at radius 2 is 1.84 bits per heavy atom. The van der Waals surface area contributed by atoms with Crippen LogP contribution in [-0.4, -0.2) is 35.8 Å². The van der Waals surface area contributed by atoms with Crippen LogP contribution in [0.25, 0.3) is 10.4 Å². The SMILES string of the molecule is CC(C)(C)OC(=O)N1CCC[C@H]1COc1ccc(Cc2ccccc2-c2cccs2)cc1. The molecule has 4 nitrogen and oxygen atoms in total. The third-order valence-corrected chi connectivity index (χ3v) is 6.47. The Kier molecular flexibility index (Phi) is 6.85. The highest BCUT2D eigenvalue weighted by Crippen LogP contribution is 2.30. The van der Waals surface area contributed by atoms with Gasteiger partial charge in [-0.3, -0.25) is 0 Å². The normalized spacial score (nSPS) is 16.2. The van der Waals surface area contributed by atoms with Gasteiger partial charge >= 0.3 is 6.09 Å². The molecule has 0 spiro atoms. The number of thiophene rings is 1. The third-order valence-electron chi connectivity index (χ3n) is 5.57. The molecule has 32 heavy (non-hydrogen) atoms. The highest BCUT2D eigenvalue weighted by atomic mass is 32.1. The fourth-order valence-corrected chi connectivity index (χ4v) is 4.82. The van der Waals surface area contributed by atoms with Crippen molar-refractivity contribution in [3.8, 4) is 16.2 Å². The Bertz CT molecular complexity index is 1020. The monoisotopic (exact) mass is 449 g/mol. The van der Waals surface area contributed by atoms with Crippen molar-refractivity contribution in [2.24, 2.45) is 0 Å². The van der Waals surface area contributed by atoms with Gasteiger partial charge < -0.3 is 14.4 Å². The van der Waals surface area contributed by atoms with Crippen LogP contribution >= 0.6 is 11.3 Å². The van der Waals surface area contributed by atoms with Crippen LogP contribution in [0.3, 0.4) is 0 Å². The predicted molar refractivity (Wildman–Crippen MR) is 130 cm³/mol. The van der Waals surface area contributed by atoms with E-state index < -0.39 is 5.60 Å². The largest absolute Gasteiger partial charge is 0.491 e. The Balaban J connectivity index is 1.35. The summed E-state index contributed by atoms with van der Waals surface area (Å²) in [5, 5.41) is 2.12. The van der Waals surface area contributed by atoms with Gasteiger partial charge in [-0.15, -0.1) is 11.3 Å². The van der Waals surface area contributed by atoms with Crippen molar-refractivity contribution in [1.82, 2.24) is 4.90 Å². The van der Waals surface area contributed by atoms with Crippen LogP contribution in [0.4, 0.5) is 4.79 Å². The molecule has 168 valence electrons. The molecule has 4 rings (SSSR count). The Hall–Kier alpha value is -2.79. The molecule has 0 aliphatic carbocycles. The molecular formula is C27H31NO3S. The van der Waals surface area contributed by atoms with E-state index in [0.717, 1.165) is 31.6 Å². The minimum Gasteiger partial charge on any atom is -0.491 e. The maximum atomic E-state index is 12.5. The summed E-state index contributed by atoms with van der Waals surface area (Å²) in [5.74, 6) is 0.830. The number of hydrogen-bond donors (Lipinski definition) is 0. The molecule has 5 heteroatoms. The highest BCUT2D eigenvalue weighted by molar-refractivity contribution is 7.13. The summed E-state index contributed by atoms with van der Waals surface area (Å²) in [4.78, 5) is 15.6. The molecule has 1 saturated heterocycles. The third kappa shape index (κ3) is 5.71. The standard InChI is InChI=1S/C27H31NO3S/c1-27(2,3)31-26(29)28-16-6-9-22(28)19-30-23-14-12-20(13-15-23)18-21-8-4-5-10-24(21)25-11-7-17-32-25/h4-5,7-8,10-15,17,22H,6,9,16,18-19H2,1-3H3/t22-/m0/s1. The zero-order valence-corrected chi connectivity index (χ0v) is 19.9. The summed E-state index contributed by atoms with van der Waals surface area (Å²) in [6.45, 7) is 6.90.